The zero-order valence-corrected chi connectivity index (χ0v) is 16.0. The van der Waals surface area contributed by atoms with Gasteiger partial charge in [-0.15, -0.1) is 0 Å². The molecule has 3 rings (SSSR count). The van der Waals surface area contributed by atoms with E-state index in [2.05, 4.69) is 0 Å². The first-order valence-electron chi connectivity index (χ1n) is 8.57. The number of aryl methyl sites for hydroxylation is 1. The first kappa shape index (κ1) is 19.0. The van der Waals surface area contributed by atoms with Crippen LogP contribution in [-0.2, 0) is 9.53 Å². The van der Waals surface area contributed by atoms with E-state index in [1.165, 1.54) is 0 Å². The molecule has 0 aliphatic rings. The summed E-state index contributed by atoms with van der Waals surface area (Å²) in [6, 6.07) is 11.9. The maximum atomic E-state index is 13.0. The molecular weight excluding hydrogens is 368 g/mol. The second kappa shape index (κ2) is 7.84. The van der Waals surface area contributed by atoms with E-state index >= 15 is 0 Å². The van der Waals surface area contributed by atoms with Gasteiger partial charge in [-0.05, 0) is 50.6 Å². The summed E-state index contributed by atoms with van der Waals surface area (Å²) >= 11 is 5.93. The molecule has 5 nitrogen and oxygen atoms in total. The Labute approximate surface area is 161 Å². The summed E-state index contributed by atoms with van der Waals surface area (Å²) in [5.74, 6) is 0.462. The fourth-order valence-electron chi connectivity index (χ4n) is 2.82. The van der Waals surface area contributed by atoms with Gasteiger partial charge < -0.3 is 13.9 Å². The second-order valence-electron chi connectivity index (χ2n) is 6.04. The summed E-state index contributed by atoms with van der Waals surface area (Å²) in [6.07, 6.45) is -0.761. The third kappa shape index (κ3) is 3.98. The molecule has 1 aromatic heterocycles. The van der Waals surface area contributed by atoms with Crippen molar-refractivity contribution in [3.63, 3.8) is 0 Å². The minimum Gasteiger partial charge on any atom is -0.479 e. The molecule has 0 radical (unpaired) electrons. The zero-order valence-electron chi connectivity index (χ0n) is 15.2. The van der Waals surface area contributed by atoms with Crippen molar-refractivity contribution < 1.29 is 18.7 Å². The van der Waals surface area contributed by atoms with Crippen molar-refractivity contribution in [3.05, 3.63) is 63.5 Å². The lowest BCUT2D eigenvalue weighted by Gasteiger charge is -2.14. The van der Waals surface area contributed by atoms with E-state index in [1.807, 2.05) is 0 Å². The molecule has 0 saturated carbocycles. The van der Waals surface area contributed by atoms with E-state index in [-0.39, 0.29) is 12.0 Å². The minimum atomic E-state index is -0.761. The first-order chi connectivity index (χ1) is 12.9. The van der Waals surface area contributed by atoms with Gasteiger partial charge in [0.25, 0.3) is 0 Å². The fraction of sp³-hybridized carbons (Fsp3) is 0.238. The highest BCUT2D eigenvalue weighted by molar-refractivity contribution is 6.30. The van der Waals surface area contributed by atoms with Gasteiger partial charge in [0.15, 0.2) is 6.10 Å². The summed E-state index contributed by atoms with van der Waals surface area (Å²) in [5.41, 5.74) is 1.49. The van der Waals surface area contributed by atoms with Gasteiger partial charge in [-0.2, -0.15) is 0 Å². The number of fused-ring (bicyclic) bond motifs is 1. The Morgan fingerprint density at radius 2 is 1.89 bits per heavy atom. The zero-order chi connectivity index (χ0) is 19.6. The molecule has 3 aromatic rings. The summed E-state index contributed by atoms with van der Waals surface area (Å²) in [7, 11) is 0. The molecule has 0 N–H and O–H groups in total. The Kier molecular flexibility index (Phi) is 5.51. The number of hydrogen-bond acceptors (Lipinski definition) is 5. The number of rotatable bonds is 5. The average Bonchev–Trinajstić information content (AvgIpc) is 2.63. The van der Waals surface area contributed by atoms with Gasteiger partial charge in [-0.1, -0.05) is 23.7 Å². The van der Waals surface area contributed by atoms with Crippen molar-refractivity contribution in [1.29, 1.82) is 0 Å². The molecule has 0 unspecified atom stereocenters. The van der Waals surface area contributed by atoms with Crippen molar-refractivity contribution >= 4 is 28.5 Å². The van der Waals surface area contributed by atoms with E-state index in [4.69, 9.17) is 25.5 Å². The van der Waals surface area contributed by atoms with Crippen LogP contribution in [0.2, 0.25) is 5.02 Å². The monoisotopic (exact) mass is 386 g/mol. The maximum Gasteiger partial charge on any atom is 0.347 e. The van der Waals surface area contributed by atoms with Gasteiger partial charge in [0, 0.05) is 11.1 Å². The SMILES string of the molecule is CCOC(=O)[C@H](C)Oc1ccc2c(=O)c(-c3ccc(Cl)cc3)c(C)oc2c1. The minimum absolute atomic E-state index is 0.138. The molecule has 0 spiro atoms. The molecule has 0 bridgehead atoms. The molecule has 0 amide bonds. The summed E-state index contributed by atoms with van der Waals surface area (Å²) in [6.45, 7) is 5.36. The van der Waals surface area contributed by atoms with Crippen LogP contribution in [0.15, 0.2) is 51.7 Å². The molecule has 1 heterocycles. The van der Waals surface area contributed by atoms with Crippen LogP contribution in [0.1, 0.15) is 19.6 Å². The van der Waals surface area contributed by atoms with Gasteiger partial charge in [-0.25, -0.2) is 4.79 Å². The smallest absolute Gasteiger partial charge is 0.347 e. The predicted molar refractivity (Wildman–Crippen MR) is 104 cm³/mol. The average molecular weight is 387 g/mol. The lowest BCUT2D eigenvalue weighted by Crippen LogP contribution is -2.26. The number of carbonyl (C=O) groups excluding carboxylic acids is 1. The lowest BCUT2D eigenvalue weighted by atomic mass is 10.0. The Bertz CT molecular complexity index is 1040. The fourth-order valence-corrected chi connectivity index (χ4v) is 2.95. The van der Waals surface area contributed by atoms with Crippen molar-refractivity contribution in [3.8, 4) is 16.9 Å². The van der Waals surface area contributed by atoms with Gasteiger partial charge >= 0.3 is 5.97 Å². The molecule has 0 fully saturated rings. The summed E-state index contributed by atoms with van der Waals surface area (Å²) < 4.78 is 16.4. The molecule has 1 atom stereocenters. The van der Waals surface area contributed by atoms with E-state index in [1.54, 1.807) is 63.2 Å². The van der Waals surface area contributed by atoms with Crippen LogP contribution in [0, 0.1) is 6.92 Å². The van der Waals surface area contributed by atoms with Crippen molar-refractivity contribution in [2.24, 2.45) is 0 Å². The Morgan fingerprint density at radius 1 is 1.19 bits per heavy atom. The highest BCUT2D eigenvalue weighted by Gasteiger charge is 2.18. The van der Waals surface area contributed by atoms with Gasteiger partial charge in [0.2, 0.25) is 5.43 Å². The Balaban J connectivity index is 2.00. The first-order valence-corrected chi connectivity index (χ1v) is 8.95. The second-order valence-corrected chi connectivity index (χ2v) is 6.48. The molecule has 0 saturated heterocycles. The van der Waals surface area contributed by atoms with Crippen LogP contribution in [-0.4, -0.2) is 18.7 Å². The standard InChI is InChI=1S/C21H19ClO5/c1-4-25-21(24)13(3)26-16-9-10-17-18(11-16)27-12(2)19(20(17)23)14-5-7-15(22)8-6-14/h5-11,13H,4H2,1-3H3/t13-/m0/s1. The van der Waals surface area contributed by atoms with Crippen LogP contribution in [0.25, 0.3) is 22.1 Å². The quantitative estimate of drug-likeness (QED) is 0.592. The number of hydrogen-bond donors (Lipinski definition) is 0. The van der Waals surface area contributed by atoms with Crippen molar-refractivity contribution in [1.82, 2.24) is 0 Å². The van der Waals surface area contributed by atoms with Gasteiger partial charge in [0.05, 0.1) is 17.6 Å². The van der Waals surface area contributed by atoms with E-state index < -0.39 is 12.1 Å². The van der Waals surface area contributed by atoms with Gasteiger partial charge in [-0.3, -0.25) is 4.79 Å². The number of carbonyl (C=O) groups is 1. The molecule has 0 aliphatic carbocycles. The molecule has 0 aliphatic heterocycles. The number of halogens is 1. The largest absolute Gasteiger partial charge is 0.479 e. The molecule has 27 heavy (non-hydrogen) atoms. The molecule has 140 valence electrons. The van der Waals surface area contributed by atoms with E-state index in [0.29, 0.717) is 33.1 Å². The predicted octanol–water partition coefficient (Wildman–Crippen LogP) is 4.75. The maximum absolute atomic E-state index is 13.0. The van der Waals surface area contributed by atoms with Crippen molar-refractivity contribution in [2.45, 2.75) is 26.9 Å². The van der Waals surface area contributed by atoms with Crippen LogP contribution < -0.4 is 10.2 Å². The molecular formula is C21H19ClO5. The van der Waals surface area contributed by atoms with Crippen LogP contribution in [0.4, 0.5) is 0 Å². The number of esters is 1. The third-order valence-electron chi connectivity index (χ3n) is 4.10. The molecule has 2 aromatic carbocycles. The Hall–Kier alpha value is -2.79. The normalized spacial score (nSPS) is 12.0. The van der Waals surface area contributed by atoms with Crippen LogP contribution in [0.5, 0.6) is 5.75 Å². The van der Waals surface area contributed by atoms with E-state index in [9.17, 15) is 9.59 Å². The Morgan fingerprint density at radius 3 is 2.56 bits per heavy atom. The highest BCUT2D eigenvalue weighted by atomic mass is 35.5. The van der Waals surface area contributed by atoms with Gasteiger partial charge in [0.1, 0.15) is 17.1 Å². The summed E-state index contributed by atoms with van der Waals surface area (Å²) in [5, 5.41) is 1.03. The van der Waals surface area contributed by atoms with E-state index in [0.717, 1.165) is 5.56 Å². The highest BCUT2D eigenvalue weighted by Crippen LogP contribution is 2.27. The van der Waals surface area contributed by atoms with Crippen LogP contribution in [0.3, 0.4) is 0 Å². The third-order valence-corrected chi connectivity index (χ3v) is 4.36. The number of ether oxygens (including phenoxy) is 2. The topological polar surface area (TPSA) is 65.7 Å². The summed E-state index contributed by atoms with van der Waals surface area (Å²) in [4.78, 5) is 24.7. The number of benzene rings is 2. The lowest BCUT2D eigenvalue weighted by molar-refractivity contribution is -0.150. The van der Waals surface area contributed by atoms with Crippen LogP contribution >= 0.6 is 11.6 Å². The van der Waals surface area contributed by atoms with Crippen molar-refractivity contribution in [2.75, 3.05) is 6.61 Å². The molecule has 6 heteroatoms.